The standard InChI is InChI=1S/C17H25N3O2/c1-13-4-3-10-20(12-13)11-9-17(22)19-16-7-5-15(6-8-16)18-14(2)21/h5-8,13H,3-4,9-12H2,1-2H3,(H,18,21)(H,19,22). The third-order valence-corrected chi connectivity index (χ3v) is 3.89. The number of anilines is 2. The van der Waals surface area contributed by atoms with Gasteiger partial charge in [-0.15, -0.1) is 0 Å². The number of nitrogens with zero attached hydrogens (tertiary/aromatic N) is 1. The summed E-state index contributed by atoms with van der Waals surface area (Å²) in [5, 5.41) is 5.59. The highest BCUT2D eigenvalue weighted by Crippen LogP contribution is 2.16. The first-order chi connectivity index (χ1) is 10.5. The lowest BCUT2D eigenvalue weighted by atomic mass is 10.0. The van der Waals surface area contributed by atoms with Crippen molar-refractivity contribution in [3.63, 3.8) is 0 Å². The van der Waals surface area contributed by atoms with Crippen molar-refractivity contribution in [2.75, 3.05) is 30.3 Å². The fourth-order valence-electron chi connectivity index (χ4n) is 2.81. The highest BCUT2D eigenvalue weighted by atomic mass is 16.2. The molecule has 2 amide bonds. The van der Waals surface area contributed by atoms with E-state index < -0.39 is 0 Å². The predicted octanol–water partition coefficient (Wildman–Crippen LogP) is 2.71. The summed E-state index contributed by atoms with van der Waals surface area (Å²) in [6.45, 7) is 6.75. The molecule has 0 aromatic heterocycles. The molecule has 1 aromatic rings. The number of likely N-dealkylation sites (tertiary alicyclic amines) is 1. The van der Waals surface area contributed by atoms with Crippen LogP contribution in [0.2, 0.25) is 0 Å². The molecule has 22 heavy (non-hydrogen) atoms. The quantitative estimate of drug-likeness (QED) is 0.879. The zero-order valence-corrected chi connectivity index (χ0v) is 13.4. The van der Waals surface area contributed by atoms with Gasteiger partial charge in [-0.3, -0.25) is 9.59 Å². The topological polar surface area (TPSA) is 61.4 Å². The van der Waals surface area contributed by atoms with E-state index in [-0.39, 0.29) is 11.8 Å². The van der Waals surface area contributed by atoms with Crippen LogP contribution < -0.4 is 10.6 Å². The summed E-state index contributed by atoms with van der Waals surface area (Å²) >= 11 is 0. The van der Waals surface area contributed by atoms with Crippen molar-refractivity contribution in [3.05, 3.63) is 24.3 Å². The molecule has 0 saturated carbocycles. The van der Waals surface area contributed by atoms with Crippen LogP contribution in [0, 0.1) is 5.92 Å². The van der Waals surface area contributed by atoms with Crippen molar-refractivity contribution in [2.45, 2.75) is 33.1 Å². The van der Waals surface area contributed by atoms with Gasteiger partial charge in [0.25, 0.3) is 0 Å². The van der Waals surface area contributed by atoms with Crippen LogP contribution in [0.1, 0.15) is 33.1 Å². The summed E-state index contributed by atoms with van der Waals surface area (Å²) in [5.74, 6) is 0.663. The number of rotatable bonds is 5. The number of nitrogens with one attached hydrogen (secondary N) is 2. The Hall–Kier alpha value is -1.88. The van der Waals surface area contributed by atoms with Gasteiger partial charge in [0.1, 0.15) is 0 Å². The van der Waals surface area contributed by atoms with Crippen LogP contribution in [0.5, 0.6) is 0 Å². The van der Waals surface area contributed by atoms with Gasteiger partial charge in [0.2, 0.25) is 11.8 Å². The van der Waals surface area contributed by atoms with E-state index in [0.29, 0.717) is 6.42 Å². The zero-order valence-electron chi connectivity index (χ0n) is 13.4. The average molecular weight is 303 g/mol. The minimum Gasteiger partial charge on any atom is -0.326 e. The second-order valence-corrected chi connectivity index (χ2v) is 6.10. The van der Waals surface area contributed by atoms with Gasteiger partial charge in [0.15, 0.2) is 0 Å². The van der Waals surface area contributed by atoms with Gasteiger partial charge in [0.05, 0.1) is 0 Å². The number of hydrogen-bond donors (Lipinski definition) is 2. The van der Waals surface area contributed by atoms with Crippen molar-refractivity contribution in [2.24, 2.45) is 5.92 Å². The largest absolute Gasteiger partial charge is 0.326 e. The molecule has 0 bridgehead atoms. The van der Waals surface area contributed by atoms with Crippen molar-refractivity contribution in [3.8, 4) is 0 Å². The van der Waals surface area contributed by atoms with Crippen molar-refractivity contribution in [1.82, 2.24) is 4.90 Å². The maximum atomic E-state index is 12.0. The number of carbonyl (C=O) groups is 2. The molecule has 1 fully saturated rings. The van der Waals surface area contributed by atoms with Gasteiger partial charge in [-0.05, 0) is 49.6 Å². The third kappa shape index (κ3) is 5.48. The zero-order chi connectivity index (χ0) is 15.9. The van der Waals surface area contributed by atoms with Crippen LogP contribution in [0.25, 0.3) is 0 Å². The van der Waals surface area contributed by atoms with Crippen LogP contribution in [0.4, 0.5) is 11.4 Å². The van der Waals surface area contributed by atoms with E-state index in [1.165, 1.54) is 19.8 Å². The minimum absolute atomic E-state index is 0.0329. The molecule has 1 heterocycles. The van der Waals surface area contributed by atoms with Crippen molar-refractivity contribution < 1.29 is 9.59 Å². The molecule has 0 radical (unpaired) electrons. The molecule has 1 saturated heterocycles. The molecule has 1 aromatic carbocycles. The monoisotopic (exact) mass is 303 g/mol. The molecule has 1 atom stereocenters. The first-order valence-corrected chi connectivity index (χ1v) is 7.93. The van der Waals surface area contributed by atoms with Crippen molar-refractivity contribution >= 4 is 23.2 Å². The van der Waals surface area contributed by atoms with Crippen LogP contribution in [-0.2, 0) is 9.59 Å². The number of benzene rings is 1. The van der Waals surface area contributed by atoms with E-state index in [4.69, 9.17) is 0 Å². The van der Waals surface area contributed by atoms with Crippen LogP contribution in [-0.4, -0.2) is 36.3 Å². The molecule has 5 nitrogen and oxygen atoms in total. The summed E-state index contributed by atoms with van der Waals surface area (Å²) < 4.78 is 0. The normalized spacial score (nSPS) is 18.7. The highest BCUT2D eigenvalue weighted by molar-refractivity contribution is 5.92. The van der Waals surface area contributed by atoms with E-state index in [1.807, 2.05) is 0 Å². The number of carbonyl (C=O) groups excluding carboxylic acids is 2. The van der Waals surface area contributed by atoms with Gasteiger partial charge in [-0.1, -0.05) is 6.92 Å². The second-order valence-electron chi connectivity index (χ2n) is 6.10. The van der Waals surface area contributed by atoms with E-state index in [1.54, 1.807) is 24.3 Å². The molecule has 1 unspecified atom stereocenters. The Kier molecular flexibility index (Phi) is 5.95. The molecule has 2 N–H and O–H groups in total. The lowest BCUT2D eigenvalue weighted by molar-refractivity contribution is -0.116. The van der Waals surface area contributed by atoms with Gasteiger partial charge in [-0.25, -0.2) is 0 Å². The second kappa shape index (κ2) is 7.94. The predicted molar refractivity (Wildman–Crippen MR) is 88.8 cm³/mol. The Morgan fingerprint density at radius 2 is 1.82 bits per heavy atom. The summed E-state index contributed by atoms with van der Waals surface area (Å²) in [6, 6.07) is 7.16. The maximum absolute atomic E-state index is 12.0. The maximum Gasteiger partial charge on any atom is 0.225 e. The Balaban J connectivity index is 1.75. The van der Waals surface area contributed by atoms with Crippen molar-refractivity contribution in [1.29, 1.82) is 0 Å². The molecule has 1 aliphatic rings. The molecule has 0 spiro atoms. The minimum atomic E-state index is -0.104. The number of amides is 2. The molecule has 120 valence electrons. The molecular formula is C17H25N3O2. The van der Waals surface area contributed by atoms with E-state index >= 15 is 0 Å². The first-order valence-electron chi connectivity index (χ1n) is 7.93. The smallest absolute Gasteiger partial charge is 0.225 e. The fraction of sp³-hybridized carbons (Fsp3) is 0.529. The molecule has 2 rings (SSSR count). The van der Waals surface area contributed by atoms with Gasteiger partial charge in [-0.2, -0.15) is 0 Å². The van der Waals surface area contributed by atoms with E-state index in [0.717, 1.165) is 36.9 Å². The molecule has 1 aliphatic heterocycles. The summed E-state index contributed by atoms with van der Waals surface area (Å²) in [6.07, 6.45) is 3.04. The highest BCUT2D eigenvalue weighted by Gasteiger charge is 2.16. The Bertz CT molecular complexity index is 513. The third-order valence-electron chi connectivity index (χ3n) is 3.89. The summed E-state index contributed by atoms with van der Waals surface area (Å²) in [7, 11) is 0. The lowest BCUT2D eigenvalue weighted by Gasteiger charge is -2.30. The molecule has 5 heteroatoms. The summed E-state index contributed by atoms with van der Waals surface area (Å²) in [5.41, 5.74) is 1.49. The van der Waals surface area contributed by atoms with Gasteiger partial charge in [0, 0.05) is 37.8 Å². The van der Waals surface area contributed by atoms with Crippen LogP contribution in [0.3, 0.4) is 0 Å². The SMILES string of the molecule is CC(=O)Nc1ccc(NC(=O)CCN2CCCC(C)C2)cc1. The van der Waals surface area contributed by atoms with E-state index in [2.05, 4.69) is 22.5 Å². The Labute approximate surface area is 132 Å². The lowest BCUT2D eigenvalue weighted by Crippen LogP contribution is -2.36. The van der Waals surface area contributed by atoms with Crippen LogP contribution >= 0.6 is 0 Å². The summed E-state index contributed by atoms with van der Waals surface area (Å²) in [4.78, 5) is 25.3. The van der Waals surface area contributed by atoms with Gasteiger partial charge >= 0.3 is 0 Å². The van der Waals surface area contributed by atoms with E-state index in [9.17, 15) is 9.59 Å². The number of hydrogen-bond acceptors (Lipinski definition) is 3. The molecular weight excluding hydrogens is 278 g/mol. The van der Waals surface area contributed by atoms with Crippen LogP contribution in [0.15, 0.2) is 24.3 Å². The average Bonchev–Trinajstić information content (AvgIpc) is 2.47. The Morgan fingerprint density at radius 1 is 1.18 bits per heavy atom. The fourth-order valence-corrected chi connectivity index (χ4v) is 2.81. The van der Waals surface area contributed by atoms with Gasteiger partial charge < -0.3 is 15.5 Å². The number of piperidine rings is 1. The first kappa shape index (κ1) is 16.5. The molecule has 0 aliphatic carbocycles. The Morgan fingerprint density at radius 3 is 2.41 bits per heavy atom.